The van der Waals surface area contributed by atoms with Crippen molar-refractivity contribution < 1.29 is 9.84 Å². The molecule has 3 nitrogen and oxygen atoms in total. The van der Waals surface area contributed by atoms with Crippen LogP contribution in [-0.2, 0) is 13.2 Å². The first-order valence-corrected chi connectivity index (χ1v) is 7.88. The number of benzene rings is 2. The third-order valence-electron chi connectivity index (χ3n) is 3.69. The highest BCUT2D eigenvalue weighted by Crippen LogP contribution is 2.20. The number of para-hydroxylation sites is 1. The van der Waals surface area contributed by atoms with Crippen LogP contribution in [0, 0.1) is 6.92 Å². The average Bonchev–Trinajstić information content (AvgIpc) is 2.55. The van der Waals surface area contributed by atoms with Gasteiger partial charge in [0.2, 0.25) is 0 Å². The Hall–Kier alpha value is -1.84. The van der Waals surface area contributed by atoms with Gasteiger partial charge in [-0.1, -0.05) is 42.5 Å². The van der Waals surface area contributed by atoms with Gasteiger partial charge in [0, 0.05) is 18.7 Å². The Morgan fingerprint density at radius 2 is 1.68 bits per heavy atom. The fraction of sp³-hybridized carbons (Fsp3) is 0.368. The molecule has 3 heteroatoms. The summed E-state index contributed by atoms with van der Waals surface area (Å²) in [5.74, 6) is 0.931. The monoisotopic (exact) mass is 299 g/mol. The molecule has 0 amide bonds. The van der Waals surface area contributed by atoms with Crippen molar-refractivity contribution in [2.75, 3.05) is 13.2 Å². The molecule has 0 aliphatic carbocycles. The third kappa shape index (κ3) is 5.17. The summed E-state index contributed by atoms with van der Waals surface area (Å²) in [5, 5.41) is 12.2. The molecule has 0 radical (unpaired) electrons. The van der Waals surface area contributed by atoms with E-state index in [1.165, 1.54) is 16.7 Å². The van der Waals surface area contributed by atoms with Gasteiger partial charge in [-0.15, -0.1) is 0 Å². The number of nitrogens with one attached hydrogen (secondary N) is 1. The molecule has 0 aliphatic rings. The molecule has 0 aromatic heterocycles. The van der Waals surface area contributed by atoms with E-state index < -0.39 is 0 Å². The van der Waals surface area contributed by atoms with Crippen molar-refractivity contribution in [1.29, 1.82) is 0 Å². The fourth-order valence-electron chi connectivity index (χ4n) is 2.30. The van der Waals surface area contributed by atoms with Gasteiger partial charge in [-0.05, 0) is 43.5 Å². The molecule has 0 fully saturated rings. The lowest BCUT2D eigenvalue weighted by Gasteiger charge is -2.13. The highest BCUT2D eigenvalue weighted by atomic mass is 16.5. The Labute approximate surface area is 133 Å². The molecule has 0 unspecified atom stereocenters. The normalized spacial score (nSPS) is 10.6. The predicted molar refractivity (Wildman–Crippen MR) is 90.0 cm³/mol. The number of aryl methyl sites for hydroxylation is 1. The number of aliphatic hydroxyl groups is 1. The zero-order valence-corrected chi connectivity index (χ0v) is 13.2. The first-order chi connectivity index (χ1) is 10.8. The Morgan fingerprint density at radius 1 is 0.955 bits per heavy atom. The van der Waals surface area contributed by atoms with E-state index in [0.29, 0.717) is 6.61 Å². The maximum Gasteiger partial charge on any atom is 0.124 e. The number of hydrogen-bond acceptors (Lipinski definition) is 3. The first kappa shape index (κ1) is 16.5. The maximum absolute atomic E-state index is 8.78. The molecule has 0 aliphatic heterocycles. The van der Waals surface area contributed by atoms with E-state index in [0.717, 1.165) is 31.7 Å². The van der Waals surface area contributed by atoms with Crippen LogP contribution in [0.4, 0.5) is 0 Å². The highest BCUT2D eigenvalue weighted by molar-refractivity contribution is 5.34. The van der Waals surface area contributed by atoms with Crippen molar-refractivity contribution in [1.82, 2.24) is 5.32 Å². The van der Waals surface area contributed by atoms with Gasteiger partial charge >= 0.3 is 0 Å². The van der Waals surface area contributed by atoms with Crippen LogP contribution >= 0.6 is 0 Å². The highest BCUT2D eigenvalue weighted by Gasteiger charge is 2.04. The molecule has 0 saturated heterocycles. The lowest BCUT2D eigenvalue weighted by Crippen LogP contribution is -2.15. The Kier molecular flexibility index (Phi) is 6.94. The molecular formula is C19H25NO2. The van der Waals surface area contributed by atoms with E-state index in [4.69, 9.17) is 9.84 Å². The van der Waals surface area contributed by atoms with Gasteiger partial charge in [0.1, 0.15) is 12.4 Å². The molecule has 2 aromatic rings. The van der Waals surface area contributed by atoms with Crippen molar-refractivity contribution in [3.8, 4) is 5.75 Å². The van der Waals surface area contributed by atoms with Gasteiger partial charge in [0.05, 0.1) is 0 Å². The van der Waals surface area contributed by atoms with Crippen LogP contribution in [0.25, 0.3) is 0 Å². The Bertz CT molecular complexity index is 569. The van der Waals surface area contributed by atoms with Crippen LogP contribution in [0.15, 0.2) is 48.5 Å². The molecule has 0 heterocycles. The number of rotatable bonds is 9. The Morgan fingerprint density at radius 3 is 2.45 bits per heavy atom. The van der Waals surface area contributed by atoms with Crippen molar-refractivity contribution >= 4 is 0 Å². The zero-order valence-electron chi connectivity index (χ0n) is 13.2. The number of hydrogen-bond donors (Lipinski definition) is 2. The van der Waals surface area contributed by atoms with Crippen LogP contribution in [0.2, 0.25) is 0 Å². The molecule has 118 valence electrons. The van der Waals surface area contributed by atoms with E-state index in [1.807, 2.05) is 30.3 Å². The van der Waals surface area contributed by atoms with E-state index in [-0.39, 0.29) is 6.61 Å². The predicted octanol–water partition coefficient (Wildman–Crippen LogP) is 3.44. The van der Waals surface area contributed by atoms with E-state index in [9.17, 15) is 0 Å². The van der Waals surface area contributed by atoms with Crippen LogP contribution in [0.1, 0.15) is 29.5 Å². The lowest BCUT2D eigenvalue weighted by molar-refractivity contribution is 0.283. The largest absolute Gasteiger partial charge is 0.489 e. The zero-order chi connectivity index (χ0) is 15.6. The second-order valence-electron chi connectivity index (χ2n) is 5.43. The Balaban J connectivity index is 1.89. The molecule has 0 atom stereocenters. The van der Waals surface area contributed by atoms with Crippen LogP contribution in [0.5, 0.6) is 5.75 Å². The number of aliphatic hydroxyl groups excluding tert-OH is 1. The summed E-state index contributed by atoms with van der Waals surface area (Å²) in [6.07, 6.45) is 1.83. The number of unbranched alkanes of at least 4 members (excludes halogenated alkanes) is 1. The number of ether oxygens (including phenoxy) is 1. The summed E-state index contributed by atoms with van der Waals surface area (Å²) in [6.45, 7) is 4.65. The molecule has 2 rings (SSSR count). The van der Waals surface area contributed by atoms with Crippen molar-refractivity contribution in [3.63, 3.8) is 0 Å². The second-order valence-corrected chi connectivity index (χ2v) is 5.43. The first-order valence-electron chi connectivity index (χ1n) is 7.88. The van der Waals surface area contributed by atoms with Crippen LogP contribution < -0.4 is 10.1 Å². The maximum atomic E-state index is 8.78. The summed E-state index contributed by atoms with van der Waals surface area (Å²) in [5.41, 5.74) is 3.63. The van der Waals surface area contributed by atoms with E-state index >= 15 is 0 Å². The molecule has 22 heavy (non-hydrogen) atoms. The van der Waals surface area contributed by atoms with Gasteiger partial charge in [-0.2, -0.15) is 0 Å². The summed E-state index contributed by atoms with van der Waals surface area (Å²) in [6, 6.07) is 16.4. The SMILES string of the molecule is Cc1ccccc1COc1ccccc1CNCCCCO. The van der Waals surface area contributed by atoms with Gasteiger partial charge in [0.25, 0.3) is 0 Å². The smallest absolute Gasteiger partial charge is 0.124 e. The van der Waals surface area contributed by atoms with Gasteiger partial charge < -0.3 is 15.2 Å². The van der Waals surface area contributed by atoms with Crippen molar-refractivity contribution in [2.24, 2.45) is 0 Å². The molecule has 2 aromatic carbocycles. The summed E-state index contributed by atoms with van der Waals surface area (Å²) >= 11 is 0. The van der Waals surface area contributed by atoms with Gasteiger partial charge in [-0.25, -0.2) is 0 Å². The second kappa shape index (κ2) is 9.23. The lowest BCUT2D eigenvalue weighted by atomic mass is 10.1. The molecule has 2 N–H and O–H groups in total. The summed E-state index contributed by atoms with van der Waals surface area (Å²) in [7, 11) is 0. The minimum absolute atomic E-state index is 0.262. The molecule has 0 bridgehead atoms. The quantitative estimate of drug-likeness (QED) is 0.697. The fourth-order valence-corrected chi connectivity index (χ4v) is 2.30. The topological polar surface area (TPSA) is 41.5 Å². The van der Waals surface area contributed by atoms with E-state index in [2.05, 4.69) is 30.4 Å². The van der Waals surface area contributed by atoms with E-state index in [1.54, 1.807) is 0 Å². The van der Waals surface area contributed by atoms with Crippen molar-refractivity contribution in [3.05, 3.63) is 65.2 Å². The summed E-state index contributed by atoms with van der Waals surface area (Å²) < 4.78 is 6.00. The molecule has 0 spiro atoms. The van der Waals surface area contributed by atoms with Gasteiger partial charge in [0.15, 0.2) is 0 Å². The van der Waals surface area contributed by atoms with Crippen LogP contribution in [-0.4, -0.2) is 18.3 Å². The minimum atomic E-state index is 0.262. The standard InChI is InChI=1S/C19H25NO2/c1-16-8-2-3-10-18(16)15-22-19-11-5-4-9-17(19)14-20-12-6-7-13-21/h2-5,8-11,20-21H,6-7,12-15H2,1H3. The third-order valence-corrected chi connectivity index (χ3v) is 3.69. The average molecular weight is 299 g/mol. The van der Waals surface area contributed by atoms with Gasteiger partial charge in [-0.3, -0.25) is 0 Å². The van der Waals surface area contributed by atoms with Crippen molar-refractivity contribution in [2.45, 2.75) is 32.9 Å². The molecular weight excluding hydrogens is 274 g/mol. The summed E-state index contributed by atoms with van der Waals surface area (Å²) in [4.78, 5) is 0. The molecule has 0 saturated carbocycles. The van der Waals surface area contributed by atoms with Crippen LogP contribution in [0.3, 0.4) is 0 Å². The minimum Gasteiger partial charge on any atom is -0.489 e.